The Balaban J connectivity index is 1.87. The van der Waals surface area contributed by atoms with E-state index >= 15 is 0 Å². The summed E-state index contributed by atoms with van der Waals surface area (Å²) in [6.45, 7) is 5.93. The molecule has 0 fully saturated rings. The molecule has 0 saturated carbocycles. The number of nitrogens with two attached hydrogens (primary N) is 1. The van der Waals surface area contributed by atoms with Crippen molar-refractivity contribution in [2.45, 2.75) is 26.8 Å². The van der Waals surface area contributed by atoms with Gasteiger partial charge in [-0.25, -0.2) is 0 Å². The van der Waals surface area contributed by atoms with Crippen molar-refractivity contribution in [1.29, 1.82) is 0 Å². The highest BCUT2D eigenvalue weighted by Crippen LogP contribution is 2.27. The number of benzene rings is 1. The van der Waals surface area contributed by atoms with E-state index in [2.05, 4.69) is 10.3 Å². The molecular weight excluding hydrogens is 254 g/mol. The molecular formula is C15H17N3O2. The van der Waals surface area contributed by atoms with E-state index in [0.29, 0.717) is 17.3 Å². The largest absolute Gasteiger partial charge is 0.466 e. The van der Waals surface area contributed by atoms with Gasteiger partial charge in [0.05, 0.1) is 6.04 Å². The molecule has 0 aliphatic heterocycles. The number of hydrogen-bond acceptors (Lipinski definition) is 5. The summed E-state index contributed by atoms with van der Waals surface area (Å²) >= 11 is 0. The van der Waals surface area contributed by atoms with Crippen molar-refractivity contribution < 1.29 is 8.83 Å². The summed E-state index contributed by atoms with van der Waals surface area (Å²) in [4.78, 5) is 4.39. The number of hydrogen-bond donors (Lipinski definition) is 2. The molecule has 1 atom stereocenters. The Hall–Kier alpha value is -2.43. The third-order valence-corrected chi connectivity index (χ3v) is 3.30. The fourth-order valence-electron chi connectivity index (χ4n) is 2.35. The second-order valence-corrected chi connectivity index (χ2v) is 4.98. The lowest BCUT2D eigenvalue weighted by molar-refractivity contribution is 0.499. The molecule has 0 amide bonds. The zero-order valence-corrected chi connectivity index (χ0v) is 11.7. The first kappa shape index (κ1) is 12.6. The van der Waals surface area contributed by atoms with Crippen molar-refractivity contribution in [3.8, 4) is 0 Å². The topological polar surface area (TPSA) is 77.2 Å². The van der Waals surface area contributed by atoms with E-state index in [0.717, 1.165) is 22.6 Å². The van der Waals surface area contributed by atoms with Crippen LogP contribution in [0.1, 0.15) is 30.0 Å². The van der Waals surface area contributed by atoms with Crippen LogP contribution in [0.25, 0.3) is 11.1 Å². The molecule has 3 rings (SSSR count). The SMILES string of the molecule is Cc1cc(C(C)Nc2nc3ccc(N)cc3o2)c(C)o1. The Kier molecular flexibility index (Phi) is 2.89. The van der Waals surface area contributed by atoms with E-state index in [1.54, 1.807) is 6.07 Å². The van der Waals surface area contributed by atoms with Crippen LogP contribution >= 0.6 is 0 Å². The molecule has 5 nitrogen and oxygen atoms in total. The fraction of sp³-hybridized carbons (Fsp3) is 0.267. The Morgan fingerprint density at radius 2 is 2.00 bits per heavy atom. The molecule has 20 heavy (non-hydrogen) atoms. The van der Waals surface area contributed by atoms with Crippen molar-refractivity contribution in [1.82, 2.24) is 4.98 Å². The molecule has 5 heteroatoms. The van der Waals surface area contributed by atoms with Gasteiger partial charge in [0.2, 0.25) is 0 Å². The molecule has 3 aromatic rings. The molecule has 3 N–H and O–H groups in total. The van der Waals surface area contributed by atoms with Crippen molar-refractivity contribution in [2.24, 2.45) is 0 Å². The first-order valence-electron chi connectivity index (χ1n) is 6.52. The monoisotopic (exact) mass is 271 g/mol. The number of anilines is 2. The van der Waals surface area contributed by atoms with Crippen LogP contribution in [-0.2, 0) is 0 Å². The maximum absolute atomic E-state index is 5.73. The van der Waals surface area contributed by atoms with Gasteiger partial charge in [-0.2, -0.15) is 4.98 Å². The normalized spacial score (nSPS) is 12.8. The molecule has 0 saturated heterocycles. The second-order valence-electron chi connectivity index (χ2n) is 4.98. The lowest BCUT2D eigenvalue weighted by atomic mass is 10.1. The summed E-state index contributed by atoms with van der Waals surface area (Å²) < 4.78 is 11.2. The smallest absolute Gasteiger partial charge is 0.296 e. The fourth-order valence-corrected chi connectivity index (χ4v) is 2.35. The van der Waals surface area contributed by atoms with Gasteiger partial charge in [0, 0.05) is 17.3 Å². The average Bonchev–Trinajstić information content (AvgIpc) is 2.91. The summed E-state index contributed by atoms with van der Waals surface area (Å²) in [5.41, 5.74) is 8.96. The highest BCUT2D eigenvalue weighted by molar-refractivity contribution is 5.78. The Bertz CT molecular complexity index is 758. The predicted molar refractivity (Wildman–Crippen MR) is 78.6 cm³/mol. The van der Waals surface area contributed by atoms with Crippen LogP contribution in [0.3, 0.4) is 0 Å². The van der Waals surface area contributed by atoms with Gasteiger partial charge in [0.15, 0.2) is 5.58 Å². The lowest BCUT2D eigenvalue weighted by Gasteiger charge is -2.10. The number of oxazole rings is 1. The number of aromatic nitrogens is 1. The summed E-state index contributed by atoms with van der Waals surface area (Å²) in [5.74, 6) is 1.80. The van der Waals surface area contributed by atoms with Crippen molar-refractivity contribution in [3.05, 3.63) is 41.3 Å². The molecule has 0 bridgehead atoms. The number of nitrogens with one attached hydrogen (secondary N) is 1. The third kappa shape index (κ3) is 2.22. The van der Waals surface area contributed by atoms with Gasteiger partial charge in [-0.15, -0.1) is 0 Å². The number of nitrogen functional groups attached to an aromatic ring is 1. The molecule has 2 aromatic heterocycles. The highest BCUT2D eigenvalue weighted by atomic mass is 16.4. The van der Waals surface area contributed by atoms with E-state index in [-0.39, 0.29) is 6.04 Å². The average molecular weight is 271 g/mol. The van der Waals surface area contributed by atoms with Crippen LogP contribution in [0.4, 0.5) is 11.7 Å². The minimum atomic E-state index is 0.0536. The van der Waals surface area contributed by atoms with E-state index in [1.165, 1.54) is 0 Å². The van der Waals surface area contributed by atoms with Crippen LogP contribution in [0.15, 0.2) is 33.1 Å². The van der Waals surface area contributed by atoms with Crippen LogP contribution in [0, 0.1) is 13.8 Å². The molecule has 0 spiro atoms. The van der Waals surface area contributed by atoms with Crippen LogP contribution in [0.2, 0.25) is 0 Å². The number of rotatable bonds is 3. The van der Waals surface area contributed by atoms with Gasteiger partial charge >= 0.3 is 0 Å². The van der Waals surface area contributed by atoms with Crippen molar-refractivity contribution in [3.63, 3.8) is 0 Å². The van der Waals surface area contributed by atoms with Crippen LogP contribution in [0.5, 0.6) is 0 Å². The summed E-state index contributed by atoms with van der Waals surface area (Å²) in [6.07, 6.45) is 0. The maximum Gasteiger partial charge on any atom is 0.296 e. The molecule has 0 aliphatic carbocycles. The Labute approximate surface area is 116 Å². The summed E-state index contributed by atoms with van der Waals surface area (Å²) in [5, 5.41) is 3.24. The Morgan fingerprint density at radius 3 is 2.70 bits per heavy atom. The molecule has 1 unspecified atom stereocenters. The van der Waals surface area contributed by atoms with E-state index in [9.17, 15) is 0 Å². The zero-order valence-electron chi connectivity index (χ0n) is 11.7. The molecule has 0 aliphatic rings. The van der Waals surface area contributed by atoms with Gasteiger partial charge in [-0.3, -0.25) is 0 Å². The number of furan rings is 1. The summed E-state index contributed by atoms with van der Waals surface area (Å²) in [7, 11) is 0. The first-order chi connectivity index (χ1) is 9.52. The third-order valence-electron chi connectivity index (χ3n) is 3.30. The molecule has 104 valence electrons. The standard InChI is InChI=1S/C15H17N3O2/c1-8-6-12(10(3)19-8)9(2)17-15-18-13-5-4-11(16)7-14(13)20-15/h4-7,9H,16H2,1-3H3,(H,17,18). The van der Waals surface area contributed by atoms with E-state index < -0.39 is 0 Å². The predicted octanol–water partition coefficient (Wildman–Crippen LogP) is 3.79. The highest BCUT2D eigenvalue weighted by Gasteiger charge is 2.15. The van der Waals surface area contributed by atoms with Gasteiger partial charge in [-0.05, 0) is 39.0 Å². The minimum absolute atomic E-state index is 0.0536. The molecule has 1 aromatic carbocycles. The first-order valence-corrected chi connectivity index (χ1v) is 6.52. The van der Waals surface area contributed by atoms with Crippen molar-refractivity contribution in [2.75, 3.05) is 11.1 Å². The van der Waals surface area contributed by atoms with Crippen LogP contribution < -0.4 is 11.1 Å². The summed E-state index contributed by atoms with van der Waals surface area (Å²) in [6, 6.07) is 7.98. The van der Waals surface area contributed by atoms with Gasteiger partial charge in [-0.1, -0.05) is 0 Å². The maximum atomic E-state index is 5.73. The minimum Gasteiger partial charge on any atom is -0.466 e. The van der Waals surface area contributed by atoms with Gasteiger partial charge in [0.25, 0.3) is 6.01 Å². The number of nitrogens with zero attached hydrogens (tertiary/aromatic N) is 1. The number of fused-ring (bicyclic) bond motifs is 1. The second kappa shape index (κ2) is 4.59. The zero-order chi connectivity index (χ0) is 14.3. The Morgan fingerprint density at radius 1 is 1.20 bits per heavy atom. The van der Waals surface area contributed by atoms with Crippen LogP contribution in [-0.4, -0.2) is 4.98 Å². The molecule has 0 radical (unpaired) electrons. The van der Waals surface area contributed by atoms with E-state index in [1.807, 2.05) is 39.0 Å². The van der Waals surface area contributed by atoms with Crippen molar-refractivity contribution >= 4 is 22.8 Å². The van der Waals surface area contributed by atoms with E-state index in [4.69, 9.17) is 14.6 Å². The molecule has 2 heterocycles. The quantitative estimate of drug-likeness (QED) is 0.708. The van der Waals surface area contributed by atoms with Gasteiger partial charge < -0.3 is 19.9 Å². The van der Waals surface area contributed by atoms with Gasteiger partial charge in [0.1, 0.15) is 17.0 Å². The number of aryl methyl sites for hydroxylation is 2. The lowest BCUT2D eigenvalue weighted by Crippen LogP contribution is -2.06.